The summed E-state index contributed by atoms with van der Waals surface area (Å²) in [6.07, 6.45) is 2.72. The molecular formula is C26H29N5O3. The number of nitro benzene ring substituents is 1. The molecule has 1 aromatic heterocycles. The number of nitrogens with zero attached hydrogens (tertiary/aromatic N) is 5. The second-order valence-corrected chi connectivity index (χ2v) is 8.95. The number of benzene rings is 2. The van der Waals surface area contributed by atoms with E-state index in [2.05, 4.69) is 33.2 Å². The van der Waals surface area contributed by atoms with Crippen molar-refractivity contribution in [1.29, 1.82) is 5.26 Å². The van der Waals surface area contributed by atoms with Crippen LogP contribution in [-0.2, 0) is 12.0 Å². The molecule has 0 radical (unpaired) electrons. The van der Waals surface area contributed by atoms with E-state index in [0.29, 0.717) is 23.6 Å². The van der Waals surface area contributed by atoms with Crippen molar-refractivity contribution in [3.8, 4) is 17.3 Å². The van der Waals surface area contributed by atoms with Gasteiger partial charge in [0, 0.05) is 12.1 Å². The monoisotopic (exact) mass is 459 g/mol. The van der Waals surface area contributed by atoms with Crippen LogP contribution < -0.4 is 0 Å². The maximum Gasteiger partial charge on any atom is 0.278 e. The van der Waals surface area contributed by atoms with Crippen LogP contribution in [-0.4, -0.2) is 53.1 Å². The van der Waals surface area contributed by atoms with Crippen molar-refractivity contribution in [2.45, 2.75) is 31.2 Å². The second-order valence-electron chi connectivity index (χ2n) is 8.95. The predicted molar refractivity (Wildman–Crippen MR) is 129 cm³/mol. The van der Waals surface area contributed by atoms with Crippen LogP contribution >= 0.6 is 0 Å². The van der Waals surface area contributed by atoms with Crippen molar-refractivity contribution < 1.29 is 9.45 Å². The summed E-state index contributed by atoms with van der Waals surface area (Å²) in [4.78, 5) is 15.5. The molecule has 3 aromatic rings. The Balaban J connectivity index is 1.24. The molecule has 0 atom stereocenters. The standard InChI is InChI=1S/C26H29N5O3/c1-29(19-22-18-24(28-34-22)23-10-5-6-11-25(23)31(32)33)14-7-15-30-16-12-26(20-27,13-17-30)21-8-3-2-4-9-21/h2-6,8-11,18H,7,12-17,19H2,1H3. The van der Waals surface area contributed by atoms with E-state index in [4.69, 9.17) is 4.52 Å². The van der Waals surface area contributed by atoms with Gasteiger partial charge in [-0.1, -0.05) is 47.6 Å². The molecule has 34 heavy (non-hydrogen) atoms. The Hall–Kier alpha value is -3.54. The average Bonchev–Trinajstić information content (AvgIpc) is 3.33. The van der Waals surface area contributed by atoms with Crippen LogP contribution in [0.4, 0.5) is 5.69 Å². The van der Waals surface area contributed by atoms with Crippen LogP contribution in [0.5, 0.6) is 0 Å². The lowest BCUT2D eigenvalue weighted by molar-refractivity contribution is -0.384. The summed E-state index contributed by atoms with van der Waals surface area (Å²) in [5.74, 6) is 0.676. The number of nitriles is 1. The van der Waals surface area contributed by atoms with Crippen molar-refractivity contribution >= 4 is 5.69 Å². The van der Waals surface area contributed by atoms with Gasteiger partial charge in [0.25, 0.3) is 5.69 Å². The fourth-order valence-electron chi connectivity index (χ4n) is 4.65. The minimum atomic E-state index is -0.406. The highest BCUT2D eigenvalue weighted by atomic mass is 16.6. The van der Waals surface area contributed by atoms with Gasteiger partial charge in [0.2, 0.25) is 0 Å². The van der Waals surface area contributed by atoms with Gasteiger partial charge in [0.15, 0.2) is 5.76 Å². The molecule has 0 N–H and O–H groups in total. The first-order valence-electron chi connectivity index (χ1n) is 11.6. The summed E-state index contributed by atoms with van der Waals surface area (Å²) in [5, 5.41) is 25.2. The first-order chi connectivity index (χ1) is 16.5. The molecule has 0 unspecified atom stereocenters. The molecule has 1 fully saturated rings. The Morgan fingerprint density at radius 2 is 1.88 bits per heavy atom. The van der Waals surface area contributed by atoms with Gasteiger partial charge in [-0.15, -0.1) is 0 Å². The Bertz CT molecular complexity index is 1150. The van der Waals surface area contributed by atoms with E-state index in [-0.39, 0.29) is 11.1 Å². The van der Waals surface area contributed by atoms with E-state index >= 15 is 0 Å². The number of para-hydroxylation sites is 1. The lowest BCUT2D eigenvalue weighted by Gasteiger charge is -2.37. The van der Waals surface area contributed by atoms with E-state index < -0.39 is 4.92 Å². The number of hydrogen-bond donors (Lipinski definition) is 0. The largest absolute Gasteiger partial charge is 0.359 e. The van der Waals surface area contributed by atoms with Gasteiger partial charge in [-0.3, -0.25) is 15.0 Å². The molecule has 2 aromatic carbocycles. The molecule has 1 aliphatic rings. The third-order valence-electron chi connectivity index (χ3n) is 6.63. The third kappa shape index (κ3) is 5.33. The third-order valence-corrected chi connectivity index (χ3v) is 6.63. The van der Waals surface area contributed by atoms with Gasteiger partial charge in [0.05, 0.1) is 28.5 Å². The number of rotatable bonds is 9. The van der Waals surface area contributed by atoms with Crippen LogP contribution in [0.2, 0.25) is 0 Å². The van der Waals surface area contributed by atoms with Crippen LogP contribution in [0.3, 0.4) is 0 Å². The molecule has 0 bridgehead atoms. The van der Waals surface area contributed by atoms with E-state index in [1.165, 1.54) is 6.07 Å². The van der Waals surface area contributed by atoms with Gasteiger partial charge in [-0.05, 0) is 64.1 Å². The van der Waals surface area contributed by atoms with E-state index in [1.54, 1.807) is 24.3 Å². The number of likely N-dealkylation sites (tertiary alicyclic amines) is 1. The highest BCUT2D eigenvalue weighted by Crippen LogP contribution is 2.35. The van der Waals surface area contributed by atoms with Crippen LogP contribution in [0.25, 0.3) is 11.3 Å². The summed E-state index contributed by atoms with van der Waals surface area (Å²) in [6, 6.07) is 21.1. The molecule has 0 aliphatic carbocycles. The molecule has 0 saturated carbocycles. The Labute approximate surface area is 199 Å². The molecule has 176 valence electrons. The zero-order valence-corrected chi connectivity index (χ0v) is 19.4. The van der Waals surface area contributed by atoms with Crippen LogP contribution in [0, 0.1) is 21.4 Å². The first kappa shape index (κ1) is 23.6. The smallest absolute Gasteiger partial charge is 0.278 e. The van der Waals surface area contributed by atoms with Crippen molar-refractivity contribution in [3.63, 3.8) is 0 Å². The van der Waals surface area contributed by atoms with Gasteiger partial charge < -0.3 is 9.42 Å². The molecular weight excluding hydrogens is 430 g/mol. The zero-order chi connectivity index (χ0) is 24.0. The van der Waals surface area contributed by atoms with E-state index in [1.807, 2.05) is 25.2 Å². The van der Waals surface area contributed by atoms with Crippen LogP contribution in [0.1, 0.15) is 30.6 Å². The highest BCUT2D eigenvalue weighted by Gasteiger charge is 2.36. The summed E-state index contributed by atoms with van der Waals surface area (Å²) < 4.78 is 5.44. The molecule has 0 amide bonds. The van der Waals surface area contributed by atoms with E-state index in [9.17, 15) is 15.4 Å². The average molecular weight is 460 g/mol. The lowest BCUT2D eigenvalue weighted by Crippen LogP contribution is -2.42. The summed E-state index contributed by atoms with van der Waals surface area (Å²) in [6.45, 7) is 4.30. The minimum Gasteiger partial charge on any atom is -0.359 e. The Morgan fingerprint density at radius 3 is 2.59 bits per heavy atom. The van der Waals surface area contributed by atoms with E-state index in [0.717, 1.165) is 51.0 Å². The van der Waals surface area contributed by atoms with Crippen molar-refractivity contribution in [3.05, 3.63) is 82.1 Å². The number of aromatic nitrogens is 1. The van der Waals surface area contributed by atoms with Crippen molar-refractivity contribution in [1.82, 2.24) is 15.0 Å². The maximum absolute atomic E-state index is 11.3. The molecule has 2 heterocycles. The second kappa shape index (κ2) is 10.6. The quantitative estimate of drug-likeness (QED) is 0.340. The Morgan fingerprint density at radius 1 is 1.18 bits per heavy atom. The fraction of sp³-hybridized carbons (Fsp3) is 0.385. The normalized spacial score (nSPS) is 15.8. The topological polar surface area (TPSA) is 99.4 Å². The lowest BCUT2D eigenvalue weighted by atomic mass is 9.74. The molecule has 8 nitrogen and oxygen atoms in total. The predicted octanol–water partition coefficient (Wildman–Crippen LogP) is 4.63. The summed E-state index contributed by atoms with van der Waals surface area (Å²) in [7, 11) is 2.03. The van der Waals surface area contributed by atoms with Crippen molar-refractivity contribution in [2.24, 2.45) is 0 Å². The van der Waals surface area contributed by atoms with Gasteiger partial charge in [-0.25, -0.2) is 0 Å². The molecule has 4 rings (SSSR count). The zero-order valence-electron chi connectivity index (χ0n) is 19.4. The van der Waals surface area contributed by atoms with Gasteiger partial charge >= 0.3 is 0 Å². The van der Waals surface area contributed by atoms with Crippen LogP contribution in [0.15, 0.2) is 65.2 Å². The maximum atomic E-state index is 11.3. The molecule has 1 aliphatic heterocycles. The summed E-state index contributed by atoms with van der Waals surface area (Å²) >= 11 is 0. The number of hydrogen-bond acceptors (Lipinski definition) is 7. The van der Waals surface area contributed by atoms with Gasteiger partial charge in [-0.2, -0.15) is 5.26 Å². The number of nitro groups is 1. The van der Waals surface area contributed by atoms with Gasteiger partial charge in [0.1, 0.15) is 5.69 Å². The molecule has 1 saturated heterocycles. The minimum absolute atomic E-state index is 0.0184. The first-order valence-corrected chi connectivity index (χ1v) is 11.6. The SMILES string of the molecule is CN(CCCN1CCC(C#N)(c2ccccc2)CC1)Cc1cc(-c2ccccc2[N+](=O)[O-])no1. The fourth-order valence-corrected chi connectivity index (χ4v) is 4.65. The molecule has 8 heteroatoms. The summed E-state index contributed by atoms with van der Waals surface area (Å²) in [5.41, 5.74) is 1.71. The van der Waals surface area contributed by atoms with Crippen molar-refractivity contribution in [2.75, 3.05) is 33.2 Å². The number of piperidine rings is 1. The highest BCUT2D eigenvalue weighted by molar-refractivity contribution is 5.70. The Kier molecular flexibility index (Phi) is 7.36. The molecule has 0 spiro atoms.